The molecule has 2 aromatic heterocycles. The quantitative estimate of drug-likeness (QED) is 0.530. The fourth-order valence-electron chi connectivity index (χ4n) is 2.40. The Bertz CT molecular complexity index is 1050. The predicted molar refractivity (Wildman–Crippen MR) is 110 cm³/mol. The first-order chi connectivity index (χ1) is 13.1. The van der Waals surface area contributed by atoms with Gasteiger partial charge in [-0.2, -0.15) is 5.10 Å². The van der Waals surface area contributed by atoms with Gasteiger partial charge in [-0.1, -0.05) is 6.07 Å². The van der Waals surface area contributed by atoms with E-state index in [-0.39, 0.29) is 5.91 Å². The molecule has 0 atom stereocenters. The number of aromatic amines is 1. The normalized spacial score (nSPS) is 11.0. The molecule has 0 aliphatic rings. The van der Waals surface area contributed by atoms with Gasteiger partial charge < -0.3 is 10.2 Å². The van der Waals surface area contributed by atoms with Crippen LogP contribution in [0.1, 0.15) is 20.9 Å². The summed E-state index contributed by atoms with van der Waals surface area (Å²) >= 11 is 1.61. The van der Waals surface area contributed by atoms with Crippen LogP contribution in [0, 0.1) is 11.8 Å². The van der Waals surface area contributed by atoms with Crippen LogP contribution in [-0.2, 0) is 6.54 Å². The highest BCUT2D eigenvalue weighted by atomic mass is 32.1. The lowest BCUT2D eigenvalue weighted by molar-refractivity contribution is 0.0951. The van der Waals surface area contributed by atoms with E-state index in [2.05, 4.69) is 39.1 Å². The molecule has 0 bridgehead atoms. The largest absolute Gasteiger partial charge is 0.370 e. The molecule has 1 amide bonds. The van der Waals surface area contributed by atoms with Gasteiger partial charge in [0.25, 0.3) is 5.91 Å². The van der Waals surface area contributed by atoms with Crippen molar-refractivity contribution in [2.45, 2.75) is 6.54 Å². The van der Waals surface area contributed by atoms with Gasteiger partial charge >= 0.3 is 0 Å². The number of hydrogen-bond acceptors (Lipinski definition) is 5. The molecule has 0 fully saturated rings. The first-order valence-electron chi connectivity index (χ1n) is 8.22. The molecule has 0 radical (unpaired) electrons. The molecule has 6 nitrogen and oxygen atoms in total. The minimum atomic E-state index is -0.129. The number of rotatable bonds is 5. The van der Waals surface area contributed by atoms with Gasteiger partial charge in [0.2, 0.25) is 0 Å². The van der Waals surface area contributed by atoms with Crippen LogP contribution in [0.25, 0.3) is 10.9 Å². The van der Waals surface area contributed by atoms with Crippen molar-refractivity contribution < 1.29 is 4.79 Å². The van der Waals surface area contributed by atoms with Crippen LogP contribution in [0.5, 0.6) is 0 Å². The lowest BCUT2D eigenvalue weighted by Crippen LogP contribution is -2.22. The molecule has 0 unspecified atom stereocenters. The van der Waals surface area contributed by atoms with E-state index in [9.17, 15) is 4.79 Å². The number of benzene rings is 1. The molecule has 3 aromatic rings. The van der Waals surface area contributed by atoms with E-state index in [1.54, 1.807) is 29.7 Å². The van der Waals surface area contributed by atoms with Crippen molar-refractivity contribution in [2.24, 2.45) is 4.99 Å². The average molecular weight is 377 g/mol. The summed E-state index contributed by atoms with van der Waals surface area (Å²) < 4.78 is 0. The Morgan fingerprint density at radius 2 is 2.30 bits per heavy atom. The zero-order valence-electron chi connectivity index (χ0n) is 15.1. The van der Waals surface area contributed by atoms with Gasteiger partial charge in [0.15, 0.2) is 0 Å². The van der Waals surface area contributed by atoms with Gasteiger partial charge in [-0.25, -0.2) is 0 Å². The third-order valence-electron chi connectivity index (χ3n) is 3.83. The van der Waals surface area contributed by atoms with Crippen LogP contribution >= 0.6 is 11.3 Å². The summed E-state index contributed by atoms with van der Waals surface area (Å²) in [5, 5.41) is 13.0. The molecule has 27 heavy (non-hydrogen) atoms. The SMILES string of the molecule is C=N/C=C(/C#Cc1[nH]nc2cc(C(=O)NCc3cccs3)ccc12)N(C)C. The third kappa shape index (κ3) is 4.43. The number of allylic oxidation sites excluding steroid dienone is 1. The van der Waals surface area contributed by atoms with Crippen LogP contribution in [0.3, 0.4) is 0 Å². The third-order valence-corrected chi connectivity index (χ3v) is 4.71. The molecule has 0 aliphatic heterocycles. The number of carbonyl (C=O) groups excluding carboxylic acids is 1. The maximum absolute atomic E-state index is 12.4. The number of fused-ring (bicyclic) bond motifs is 1. The van der Waals surface area contributed by atoms with Crippen LogP contribution in [-0.4, -0.2) is 41.8 Å². The van der Waals surface area contributed by atoms with E-state index >= 15 is 0 Å². The second-order valence-electron chi connectivity index (χ2n) is 5.93. The van der Waals surface area contributed by atoms with E-state index in [1.807, 2.05) is 42.6 Å². The predicted octanol–water partition coefficient (Wildman–Crippen LogP) is 3.01. The maximum atomic E-state index is 12.4. The molecule has 0 spiro atoms. The van der Waals surface area contributed by atoms with Crippen molar-refractivity contribution in [3.05, 3.63) is 63.7 Å². The molecule has 3 rings (SSSR count). The van der Waals surface area contributed by atoms with E-state index in [4.69, 9.17) is 0 Å². The summed E-state index contributed by atoms with van der Waals surface area (Å²) in [4.78, 5) is 19.1. The first-order valence-corrected chi connectivity index (χ1v) is 9.10. The number of amides is 1. The molecule has 7 heteroatoms. The van der Waals surface area contributed by atoms with Crippen molar-refractivity contribution in [3.8, 4) is 11.8 Å². The summed E-state index contributed by atoms with van der Waals surface area (Å²) in [6, 6.07) is 9.35. The van der Waals surface area contributed by atoms with Gasteiger partial charge in [0.1, 0.15) is 11.4 Å². The molecule has 0 saturated heterocycles. The zero-order valence-corrected chi connectivity index (χ0v) is 15.9. The Labute approximate surface area is 161 Å². The summed E-state index contributed by atoms with van der Waals surface area (Å²) in [5.41, 5.74) is 2.68. The molecular formula is C20H19N5OS. The number of H-pyrrole nitrogens is 1. The second kappa shape index (κ2) is 8.34. The highest BCUT2D eigenvalue weighted by Gasteiger charge is 2.10. The molecule has 2 heterocycles. The molecule has 0 saturated carbocycles. The van der Waals surface area contributed by atoms with E-state index in [1.165, 1.54) is 0 Å². The molecule has 136 valence electrons. The summed E-state index contributed by atoms with van der Waals surface area (Å²) in [5.74, 6) is 5.97. The van der Waals surface area contributed by atoms with Crippen molar-refractivity contribution in [1.82, 2.24) is 20.4 Å². The Kier molecular flexibility index (Phi) is 5.69. The summed E-state index contributed by atoms with van der Waals surface area (Å²) in [7, 11) is 3.77. The number of nitrogens with one attached hydrogen (secondary N) is 2. The topological polar surface area (TPSA) is 73.4 Å². The fraction of sp³-hybridized carbons (Fsp3) is 0.150. The summed E-state index contributed by atoms with van der Waals surface area (Å²) in [6.45, 7) is 3.97. The fourth-order valence-corrected chi connectivity index (χ4v) is 3.05. The van der Waals surface area contributed by atoms with E-state index in [0.717, 1.165) is 16.0 Å². The van der Waals surface area contributed by atoms with Crippen LogP contribution in [0.2, 0.25) is 0 Å². The minimum absolute atomic E-state index is 0.129. The van der Waals surface area contributed by atoms with E-state index < -0.39 is 0 Å². The Morgan fingerprint density at radius 3 is 3.00 bits per heavy atom. The Morgan fingerprint density at radius 1 is 1.44 bits per heavy atom. The van der Waals surface area contributed by atoms with Gasteiger partial charge in [0, 0.05) is 29.9 Å². The number of thiophene rings is 1. The van der Waals surface area contributed by atoms with Gasteiger partial charge in [-0.3, -0.25) is 14.9 Å². The summed E-state index contributed by atoms with van der Waals surface area (Å²) in [6.07, 6.45) is 1.60. The lowest BCUT2D eigenvalue weighted by Gasteiger charge is -2.09. The Balaban J connectivity index is 1.79. The van der Waals surface area contributed by atoms with Crippen LogP contribution in [0.15, 0.2) is 52.6 Å². The highest BCUT2D eigenvalue weighted by Crippen LogP contribution is 2.17. The van der Waals surface area contributed by atoms with Crippen molar-refractivity contribution >= 4 is 34.9 Å². The van der Waals surface area contributed by atoms with Crippen molar-refractivity contribution in [1.29, 1.82) is 0 Å². The standard InChI is InChI=1S/C20H19N5OS/c1-21-12-15(25(2)3)7-9-18-17-8-6-14(11-19(17)24-23-18)20(26)22-13-16-5-4-10-27-16/h4-6,8,10-12H,1,13H2,2-3H3,(H,22,26)(H,23,24)/b15-12-. The lowest BCUT2D eigenvalue weighted by atomic mass is 10.1. The molecule has 1 aromatic carbocycles. The number of aliphatic imine (C=N–C) groups is 1. The molecule has 0 aliphatic carbocycles. The maximum Gasteiger partial charge on any atom is 0.251 e. The zero-order chi connectivity index (χ0) is 19.2. The van der Waals surface area contributed by atoms with Crippen molar-refractivity contribution in [3.63, 3.8) is 0 Å². The number of nitrogens with zero attached hydrogens (tertiary/aromatic N) is 3. The second-order valence-corrected chi connectivity index (χ2v) is 6.97. The first kappa shape index (κ1) is 18.4. The van der Waals surface area contributed by atoms with Crippen LogP contribution < -0.4 is 5.32 Å². The van der Waals surface area contributed by atoms with E-state index in [0.29, 0.717) is 23.3 Å². The smallest absolute Gasteiger partial charge is 0.251 e. The average Bonchev–Trinajstić information content (AvgIpc) is 3.32. The van der Waals surface area contributed by atoms with Crippen molar-refractivity contribution in [2.75, 3.05) is 14.1 Å². The molecular weight excluding hydrogens is 358 g/mol. The highest BCUT2D eigenvalue weighted by molar-refractivity contribution is 7.09. The van der Waals surface area contributed by atoms with Crippen LogP contribution in [0.4, 0.5) is 0 Å². The number of aromatic nitrogens is 2. The van der Waals surface area contributed by atoms with Gasteiger partial charge in [-0.15, -0.1) is 11.3 Å². The monoisotopic (exact) mass is 377 g/mol. The number of hydrogen-bond donors (Lipinski definition) is 2. The van der Waals surface area contributed by atoms with Gasteiger partial charge in [0.05, 0.1) is 18.3 Å². The van der Waals surface area contributed by atoms with Gasteiger partial charge in [-0.05, 0) is 48.2 Å². The molecule has 2 N–H and O–H groups in total. The Hall–Kier alpha value is -3.37. The minimum Gasteiger partial charge on any atom is -0.370 e. The number of carbonyl (C=O) groups is 1.